The molecule has 2 aromatic rings. The van der Waals surface area contributed by atoms with Crippen LogP contribution in [0.2, 0.25) is 0 Å². The van der Waals surface area contributed by atoms with Crippen LogP contribution in [0, 0.1) is 5.92 Å². The van der Waals surface area contributed by atoms with Gasteiger partial charge in [-0.05, 0) is 37.0 Å². The van der Waals surface area contributed by atoms with Crippen molar-refractivity contribution >= 4 is 17.5 Å². The van der Waals surface area contributed by atoms with Gasteiger partial charge in [-0.3, -0.25) is 9.59 Å². The lowest BCUT2D eigenvalue weighted by molar-refractivity contribution is -0.125. The topological polar surface area (TPSA) is 61.4 Å². The highest BCUT2D eigenvalue weighted by Gasteiger charge is 2.24. The lowest BCUT2D eigenvalue weighted by atomic mass is 10.0. The molecule has 1 heterocycles. The van der Waals surface area contributed by atoms with Crippen molar-refractivity contribution in [3.8, 4) is 0 Å². The Balaban J connectivity index is 1.59. The molecular formula is C24H31N3O2. The summed E-state index contributed by atoms with van der Waals surface area (Å²) < 4.78 is 0. The molecule has 2 aromatic carbocycles. The fraction of sp³-hybridized carbons (Fsp3) is 0.417. The molecule has 0 saturated carbocycles. The molecule has 5 nitrogen and oxygen atoms in total. The number of carbonyl (C=O) groups excluding carboxylic acids is 2. The number of nitrogens with zero attached hydrogens (tertiary/aromatic N) is 1. The lowest BCUT2D eigenvalue weighted by Gasteiger charge is -2.35. The van der Waals surface area contributed by atoms with Crippen LogP contribution in [0.4, 0.5) is 5.69 Å². The summed E-state index contributed by atoms with van der Waals surface area (Å²) >= 11 is 0. The average molecular weight is 394 g/mol. The molecule has 0 unspecified atom stereocenters. The summed E-state index contributed by atoms with van der Waals surface area (Å²) in [5.74, 6) is 0.144. The summed E-state index contributed by atoms with van der Waals surface area (Å²) in [5, 5.41) is 6.20. The molecule has 3 rings (SSSR count). The number of piperidine rings is 1. The van der Waals surface area contributed by atoms with Crippen LogP contribution in [0.15, 0.2) is 54.6 Å². The fourth-order valence-corrected chi connectivity index (χ4v) is 3.61. The first kappa shape index (κ1) is 20.9. The number of benzene rings is 2. The van der Waals surface area contributed by atoms with Gasteiger partial charge in [0.1, 0.15) is 0 Å². The van der Waals surface area contributed by atoms with E-state index in [4.69, 9.17) is 0 Å². The molecule has 154 valence electrons. The highest BCUT2D eigenvalue weighted by Crippen LogP contribution is 2.24. The van der Waals surface area contributed by atoms with E-state index in [9.17, 15) is 9.59 Å². The van der Waals surface area contributed by atoms with Gasteiger partial charge in [0.2, 0.25) is 5.91 Å². The molecule has 1 aliphatic heterocycles. The molecule has 5 heteroatoms. The van der Waals surface area contributed by atoms with E-state index >= 15 is 0 Å². The minimum absolute atomic E-state index is 0.0575. The molecule has 2 N–H and O–H groups in total. The van der Waals surface area contributed by atoms with Crippen molar-refractivity contribution in [2.24, 2.45) is 5.92 Å². The molecule has 0 spiro atoms. The van der Waals surface area contributed by atoms with Crippen molar-refractivity contribution in [1.82, 2.24) is 10.6 Å². The van der Waals surface area contributed by atoms with Crippen molar-refractivity contribution in [3.05, 3.63) is 65.7 Å². The number of amides is 2. The quantitative estimate of drug-likeness (QED) is 0.753. The summed E-state index contributed by atoms with van der Waals surface area (Å²) in [6, 6.07) is 17.9. The van der Waals surface area contributed by atoms with Crippen molar-refractivity contribution in [2.75, 3.05) is 18.0 Å². The number of nitrogens with one attached hydrogen (secondary N) is 2. The van der Waals surface area contributed by atoms with Crippen molar-refractivity contribution in [1.29, 1.82) is 0 Å². The Labute approximate surface area is 173 Å². The van der Waals surface area contributed by atoms with E-state index in [1.54, 1.807) is 0 Å². The first-order chi connectivity index (χ1) is 14.1. The van der Waals surface area contributed by atoms with Crippen LogP contribution < -0.4 is 15.5 Å². The van der Waals surface area contributed by atoms with E-state index in [2.05, 4.69) is 15.5 Å². The maximum absolute atomic E-state index is 12.8. The van der Waals surface area contributed by atoms with Gasteiger partial charge in [-0.2, -0.15) is 0 Å². The summed E-state index contributed by atoms with van der Waals surface area (Å²) in [5.41, 5.74) is 2.74. The van der Waals surface area contributed by atoms with E-state index < -0.39 is 0 Å². The number of hydrogen-bond donors (Lipinski definition) is 2. The zero-order chi connectivity index (χ0) is 20.6. The highest BCUT2D eigenvalue weighted by atomic mass is 16.2. The molecule has 1 aliphatic rings. The minimum atomic E-state index is -0.0587. The van der Waals surface area contributed by atoms with Gasteiger partial charge in [0, 0.05) is 37.3 Å². The van der Waals surface area contributed by atoms with Crippen LogP contribution in [0.5, 0.6) is 0 Å². The molecule has 29 heavy (non-hydrogen) atoms. The van der Waals surface area contributed by atoms with Crippen LogP contribution in [-0.2, 0) is 11.3 Å². The van der Waals surface area contributed by atoms with Crippen molar-refractivity contribution in [3.63, 3.8) is 0 Å². The first-order valence-corrected chi connectivity index (χ1v) is 10.5. The molecule has 0 aromatic heterocycles. The third-order valence-electron chi connectivity index (χ3n) is 5.69. The maximum Gasteiger partial charge on any atom is 0.253 e. The second kappa shape index (κ2) is 10.1. The number of carbonyl (C=O) groups is 2. The highest BCUT2D eigenvalue weighted by molar-refractivity contribution is 5.99. The van der Waals surface area contributed by atoms with Crippen LogP contribution >= 0.6 is 0 Å². The fourth-order valence-electron chi connectivity index (χ4n) is 3.61. The predicted molar refractivity (Wildman–Crippen MR) is 117 cm³/mol. The Morgan fingerprint density at radius 2 is 1.69 bits per heavy atom. The van der Waals surface area contributed by atoms with E-state index in [1.807, 2.05) is 68.4 Å². The second-order valence-electron chi connectivity index (χ2n) is 7.76. The second-order valence-corrected chi connectivity index (χ2v) is 7.76. The maximum atomic E-state index is 12.8. The van der Waals surface area contributed by atoms with Gasteiger partial charge < -0.3 is 15.5 Å². The van der Waals surface area contributed by atoms with Crippen molar-refractivity contribution in [2.45, 2.75) is 45.7 Å². The molecule has 0 bridgehead atoms. The Bertz CT molecular complexity index is 814. The van der Waals surface area contributed by atoms with Gasteiger partial charge in [0.25, 0.3) is 5.91 Å². The van der Waals surface area contributed by atoms with Gasteiger partial charge in [-0.15, -0.1) is 0 Å². The molecular weight excluding hydrogens is 362 g/mol. The van der Waals surface area contributed by atoms with Gasteiger partial charge in [0.15, 0.2) is 0 Å². The largest absolute Gasteiger partial charge is 0.371 e. The monoisotopic (exact) mass is 393 g/mol. The van der Waals surface area contributed by atoms with Gasteiger partial charge in [0.05, 0.1) is 5.56 Å². The average Bonchev–Trinajstić information content (AvgIpc) is 2.78. The smallest absolute Gasteiger partial charge is 0.253 e. The van der Waals surface area contributed by atoms with Gasteiger partial charge in [-0.1, -0.05) is 56.3 Å². The summed E-state index contributed by atoms with van der Waals surface area (Å²) in [4.78, 5) is 27.2. The molecule has 0 radical (unpaired) electrons. The summed E-state index contributed by atoms with van der Waals surface area (Å²) in [6.45, 7) is 6.17. The first-order valence-electron chi connectivity index (χ1n) is 10.5. The van der Waals surface area contributed by atoms with E-state index in [0.717, 1.165) is 43.6 Å². The zero-order valence-corrected chi connectivity index (χ0v) is 17.4. The van der Waals surface area contributed by atoms with E-state index in [-0.39, 0.29) is 23.8 Å². The predicted octanol–water partition coefficient (Wildman–Crippen LogP) is 3.75. The Morgan fingerprint density at radius 1 is 1.03 bits per heavy atom. The van der Waals surface area contributed by atoms with Gasteiger partial charge in [-0.25, -0.2) is 0 Å². The Kier molecular flexibility index (Phi) is 7.28. The van der Waals surface area contributed by atoms with E-state index in [1.165, 1.54) is 0 Å². The van der Waals surface area contributed by atoms with Crippen LogP contribution in [0.1, 0.15) is 49.0 Å². The molecule has 2 amide bonds. The standard InChI is InChI=1S/C24H31N3O2/c1-3-18(2)23(28)26-20-13-15-27(16-14-20)22-12-8-7-11-21(22)24(29)25-17-19-9-5-4-6-10-19/h4-12,18,20H,3,13-17H2,1-2H3,(H,25,29)(H,26,28)/t18-/m1/s1. The van der Waals surface area contributed by atoms with Crippen LogP contribution in [0.25, 0.3) is 0 Å². The number of para-hydroxylation sites is 1. The van der Waals surface area contributed by atoms with E-state index in [0.29, 0.717) is 12.1 Å². The third-order valence-corrected chi connectivity index (χ3v) is 5.69. The molecule has 1 fully saturated rings. The minimum Gasteiger partial charge on any atom is -0.371 e. The number of anilines is 1. The van der Waals surface area contributed by atoms with Crippen LogP contribution in [0.3, 0.4) is 0 Å². The van der Waals surface area contributed by atoms with Crippen molar-refractivity contribution < 1.29 is 9.59 Å². The van der Waals surface area contributed by atoms with Crippen LogP contribution in [-0.4, -0.2) is 30.9 Å². The zero-order valence-electron chi connectivity index (χ0n) is 17.4. The summed E-state index contributed by atoms with van der Waals surface area (Å²) in [6.07, 6.45) is 2.64. The molecule has 1 atom stereocenters. The Hall–Kier alpha value is -2.82. The lowest BCUT2D eigenvalue weighted by Crippen LogP contribution is -2.46. The SMILES string of the molecule is CC[C@@H](C)C(=O)NC1CCN(c2ccccc2C(=O)NCc2ccccc2)CC1. The molecule has 1 saturated heterocycles. The van der Waals surface area contributed by atoms with Gasteiger partial charge >= 0.3 is 0 Å². The number of hydrogen-bond acceptors (Lipinski definition) is 3. The Morgan fingerprint density at radius 3 is 2.38 bits per heavy atom. The summed E-state index contributed by atoms with van der Waals surface area (Å²) in [7, 11) is 0. The third kappa shape index (κ3) is 5.59. The normalized spacial score (nSPS) is 15.6. The molecule has 0 aliphatic carbocycles. The number of rotatable bonds is 7.